The van der Waals surface area contributed by atoms with Crippen molar-refractivity contribution in [3.63, 3.8) is 0 Å². The highest BCUT2D eigenvalue weighted by Crippen LogP contribution is 2.20. The lowest BCUT2D eigenvalue weighted by molar-refractivity contribution is -0.147. The number of carboxylic acid groups (broad SMARTS) is 1. The number of allylic oxidation sites excluding steroid dienone is 2. The minimum Gasteiger partial charge on any atom is -0.481 e. The van der Waals surface area contributed by atoms with Crippen molar-refractivity contribution in [1.82, 2.24) is 5.32 Å². The number of hydrogen-bond acceptors (Lipinski definition) is 2. The van der Waals surface area contributed by atoms with Gasteiger partial charge in [-0.25, -0.2) is 0 Å². The first-order valence-corrected chi connectivity index (χ1v) is 6.11. The number of carboxylic acids is 1. The van der Waals surface area contributed by atoms with E-state index in [0.29, 0.717) is 6.42 Å². The Morgan fingerprint density at radius 1 is 1.50 bits per heavy atom. The molecule has 1 aliphatic carbocycles. The summed E-state index contributed by atoms with van der Waals surface area (Å²) in [6.45, 7) is 5.36. The highest BCUT2D eigenvalue weighted by molar-refractivity contribution is 5.73. The van der Waals surface area contributed by atoms with Gasteiger partial charge in [0.05, 0.1) is 5.41 Å². The van der Waals surface area contributed by atoms with Gasteiger partial charge in [-0.2, -0.15) is 0 Å². The van der Waals surface area contributed by atoms with E-state index in [-0.39, 0.29) is 0 Å². The van der Waals surface area contributed by atoms with Gasteiger partial charge in [0.2, 0.25) is 0 Å². The van der Waals surface area contributed by atoms with Crippen LogP contribution in [0, 0.1) is 11.3 Å². The average Bonchev–Trinajstić information content (AvgIpc) is 2.26. The predicted molar refractivity (Wildman–Crippen MR) is 65.4 cm³/mol. The Bertz CT molecular complexity index is 259. The molecule has 2 N–H and O–H groups in total. The number of carbonyl (C=O) groups is 1. The lowest BCUT2D eigenvalue weighted by atomic mass is 9.89. The molecule has 16 heavy (non-hydrogen) atoms. The molecule has 1 unspecified atom stereocenters. The standard InChI is InChI=1S/C13H23NO2/c1-13(2,12(15)16)8-9-14-10-11-6-4-3-5-7-11/h3-4,11,14H,5-10H2,1-2H3,(H,15,16). The average molecular weight is 225 g/mol. The maximum Gasteiger partial charge on any atom is 0.309 e. The van der Waals surface area contributed by atoms with Crippen LogP contribution in [0.25, 0.3) is 0 Å². The van der Waals surface area contributed by atoms with Crippen molar-refractivity contribution in [2.24, 2.45) is 11.3 Å². The van der Waals surface area contributed by atoms with Crippen LogP contribution in [0.5, 0.6) is 0 Å². The first kappa shape index (κ1) is 13.2. The summed E-state index contributed by atoms with van der Waals surface area (Å²) in [6.07, 6.45) is 8.78. The minimum atomic E-state index is -0.713. The Balaban J connectivity index is 2.12. The second kappa shape index (κ2) is 6.04. The van der Waals surface area contributed by atoms with Gasteiger partial charge in [-0.1, -0.05) is 12.2 Å². The summed E-state index contributed by atoms with van der Waals surface area (Å²) in [7, 11) is 0. The van der Waals surface area contributed by atoms with E-state index in [1.165, 1.54) is 12.8 Å². The molecule has 1 atom stereocenters. The van der Waals surface area contributed by atoms with E-state index in [4.69, 9.17) is 5.11 Å². The lowest BCUT2D eigenvalue weighted by Crippen LogP contribution is -2.31. The maximum absolute atomic E-state index is 10.9. The largest absolute Gasteiger partial charge is 0.481 e. The molecule has 3 heteroatoms. The van der Waals surface area contributed by atoms with Gasteiger partial charge in [0.25, 0.3) is 0 Å². The van der Waals surface area contributed by atoms with Crippen molar-refractivity contribution in [2.45, 2.75) is 39.5 Å². The van der Waals surface area contributed by atoms with Gasteiger partial charge in [0.15, 0.2) is 0 Å². The van der Waals surface area contributed by atoms with Crippen LogP contribution in [0.4, 0.5) is 0 Å². The molecule has 0 fully saturated rings. The van der Waals surface area contributed by atoms with Crippen molar-refractivity contribution in [1.29, 1.82) is 0 Å². The Morgan fingerprint density at radius 2 is 2.25 bits per heavy atom. The molecule has 0 saturated carbocycles. The summed E-state index contributed by atoms with van der Waals surface area (Å²) < 4.78 is 0. The van der Waals surface area contributed by atoms with E-state index in [2.05, 4.69) is 17.5 Å². The monoisotopic (exact) mass is 225 g/mol. The van der Waals surface area contributed by atoms with Crippen LogP contribution in [0.1, 0.15) is 39.5 Å². The molecule has 0 spiro atoms. The predicted octanol–water partition coefficient (Wildman–Crippen LogP) is 2.43. The normalized spacial score (nSPS) is 21.0. The summed E-state index contributed by atoms with van der Waals surface area (Å²) in [5.74, 6) is 0.0211. The van der Waals surface area contributed by atoms with Crippen LogP contribution in [-0.4, -0.2) is 24.2 Å². The molecule has 0 aliphatic heterocycles. The molecule has 0 radical (unpaired) electrons. The molecule has 0 aromatic carbocycles. The van der Waals surface area contributed by atoms with Crippen molar-refractivity contribution in [3.8, 4) is 0 Å². The van der Waals surface area contributed by atoms with Crippen LogP contribution in [0.3, 0.4) is 0 Å². The van der Waals surface area contributed by atoms with E-state index < -0.39 is 11.4 Å². The molecule has 0 saturated heterocycles. The molecule has 0 aromatic rings. The van der Waals surface area contributed by atoms with Gasteiger partial charge in [-0.3, -0.25) is 4.79 Å². The van der Waals surface area contributed by atoms with Crippen LogP contribution in [0.2, 0.25) is 0 Å². The van der Waals surface area contributed by atoms with Gasteiger partial charge in [0, 0.05) is 0 Å². The molecule has 0 amide bonds. The summed E-state index contributed by atoms with van der Waals surface area (Å²) >= 11 is 0. The fourth-order valence-corrected chi connectivity index (χ4v) is 1.86. The molecular formula is C13H23NO2. The molecule has 0 bridgehead atoms. The summed E-state index contributed by atoms with van der Waals surface area (Å²) in [4.78, 5) is 10.9. The van der Waals surface area contributed by atoms with Gasteiger partial charge in [-0.15, -0.1) is 0 Å². The Labute approximate surface area is 97.9 Å². The molecule has 1 aliphatic rings. The van der Waals surface area contributed by atoms with Gasteiger partial charge < -0.3 is 10.4 Å². The van der Waals surface area contributed by atoms with Crippen LogP contribution in [0.15, 0.2) is 12.2 Å². The summed E-state index contributed by atoms with van der Waals surface area (Å²) in [5.41, 5.74) is -0.612. The third-order valence-electron chi connectivity index (χ3n) is 3.32. The third kappa shape index (κ3) is 4.35. The summed E-state index contributed by atoms with van der Waals surface area (Å²) in [5, 5.41) is 12.3. The third-order valence-corrected chi connectivity index (χ3v) is 3.32. The molecule has 1 rings (SSSR count). The quantitative estimate of drug-likeness (QED) is 0.539. The van der Waals surface area contributed by atoms with E-state index in [1.54, 1.807) is 13.8 Å². The fraction of sp³-hybridized carbons (Fsp3) is 0.769. The van der Waals surface area contributed by atoms with E-state index in [0.717, 1.165) is 25.4 Å². The fourth-order valence-electron chi connectivity index (χ4n) is 1.86. The second-order valence-electron chi connectivity index (χ2n) is 5.29. The molecule has 0 heterocycles. The van der Waals surface area contributed by atoms with Crippen molar-refractivity contribution in [2.75, 3.05) is 13.1 Å². The molecule has 92 valence electrons. The molecule has 3 nitrogen and oxygen atoms in total. The SMILES string of the molecule is CC(C)(CCNCC1CC=CCC1)C(=O)O. The van der Waals surface area contributed by atoms with E-state index in [1.807, 2.05) is 0 Å². The van der Waals surface area contributed by atoms with Gasteiger partial charge in [-0.05, 0) is 58.5 Å². The zero-order valence-electron chi connectivity index (χ0n) is 10.3. The smallest absolute Gasteiger partial charge is 0.309 e. The molecular weight excluding hydrogens is 202 g/mol. The highest BCUT2D eigenvalue weighted by atomic mass is 16.4. The summed E-state index contributed by atoms with van der Waals surface area (Å²) in [6, 6.07) is 0. The van der Waals surface area contributed by atoms with Crippen LogP contribution in [-0.2, 0) is 4.79 Å². The second-order valence-corrected chi connectivity index (χ2v) is 5.29. The van der Waals surface area contributed by atoms with Crippen LogP contribution >= 0.6 is 0 Å². The zero-order valence-corrected chi connectivity index (χ0v) is 10.3. The zero-order chi connectivity index (χ0) is 12.0. The Kier molecular flexibility index (Phi) is 5.00. The molecule has 0 aromatic heterocycles. The Morgan fingerprint density at radius 3 is 2.81 bits per heavy atom. The number of nitrogens with one attached hydrogen (secondary N) is 1. The van der Waals surface area contributed by atoms with Crippen molar-refractivity contribution in [3.05, 3.63) is 12.2 Å². The van der Waals surface area contributed by atoms with Crippen LogP contribution < -0.4 is 5.32 Å². The van der Waals surface area contributed by atoms with Crippen molar-refractivity contribution >= 4 is 5.97 Å². The number of aliphatic carboxylic acids is 1. The van der Waals surface area contributed by atoms with E-state index >= 15 is 0 Å². The highest BCUT2D eigenvalue weighted by Gasteiger charge is 2.26. The topological polar surface area (TPSA) is 49.3 Å². The van der Waals surface area contributed by atoms with Gasteiger partial charge in [0.1, 0.15) is 0 Å². The number of hydrogen-bond donors (Lipinski definition) is 2. The first-order valence-electron chi connectivity index (χ1n) is 6.11. The lowest BCUT2D eigenvalue weighted by Gasteiger charge is -2.21. The first-order chi connectivity index (χ1) is 7.52. The minimum absolute atomic E-state index is 0.612. The number of rotatable bonds is 6. The van der Waals surface area contributed by atoms with Crippen molar-refractivity contribution < 1.29 is 9.90 Å². The van der Waals surface area contributed by atoms with Gasteiger partial charge >= 0.3 is 5.97 Å². The Hall–Kier alpha value is -0.830. The van der Waals surface area contributed by atoms with E-state index in [9.17, 15) is 4.79 Å². The maximum atomic E-state index is 10.9.